The molecule has 2 aromatic rings. The van der Waals surface area contributed by atoms with Gasteiger partial charge in [0.1, 0.15) is 0 Å². The molecule has 1 aromatic heterocycles. The van der Waals surface area contributed by atoms with Crippen LogP contribution >= 0.6 is 0 Å². The first-order valence-electron chi connectivity index (χ1n) is 14.6. The number of fused-ring (bicyclic) bond motifs is 1. The summed E-state index contributed by atoms with van der Waals surface area (Å²) in [4.78, 5) is 5.67. The molecule has 1 aromatic carbocycles. The average molecular weight is 476 g/mol. The molecule has 0 bridgehead atoms. The van der Waals surface area contributed by atoms with Crippen LogP contribution in [0.3, 0.4) is 0 Å². The third-order valence-electron chi connectivity index (χ3n) is 10.0. The first-order valence-corrected chi connectivity index (χ1v) is 14.6. The fourth-order valence-corrected chi connectivity index (χ4v) is 7.76. The topological polar surface area (TPSA) is 12.9 Å². The molecule has 2 atom stereocenters. The highest BCUT2D eigenvalue weighted by atomic mass is 14.8. The van der Waals surface area contributed by atoms with Crippen molar-refractivity contribution in [1.82, 2.24) is 4.98 Å². The van der Waals surface area contributed by atoms with Crippen LogP contribution in [0.2, 0.25) is 0 Å². The highest BCUT2D eigenvalue weighted by molar-refractivity contribution is 5.76. The number of benzene rings is 1. The Morgan fingerprint density at radius 3 is 2.44 bits per heavy atom. The number of rotatable bonds is 5. The van der Waals surface area contributed by atoms with Gasteiger partial charge >= 0.3 is 0 Å². The fraction of sp³-hybridized carbons (Fsp3) is 0.514. The van der Waals surface area contributed by atoms with Gasteiger partial charge in [-0.05, 0) is 85.5 Å². The SMILES string of the molecule is C#CC1CC2(CCC2)Cc2nc(C3CCCC3)c(C(C)C3=CC=C(CC)CC3)c(-c3ccccc3)c21. The third kappa shape index (κ3) is 4.08. The van der Waals surface area contributed by atoms with Crippen LogP contribution in [0.25, 0.3) is 11.1 Å². The van der Waals surface area contributed by atoms with Crippen molar-refractivity contribution < 1.29 is 0 Å². The predicted octanol–water partition coefficient (Wildman–Crippen LogP) is 9.40. The Kier molecular flexibility index (Phi) is 6.41. The number of hydrogen-bond acceptors (Lipinski definition) is 1. The maximum Gasteiger partial charge on any atom is 0.0482 e. The third-order valence-corrected chi connectivity index (χ3v) is 10.0. The van der Waals surface area contributed by atoms with E-state index in [2.05, 4.69) is 62.3 Å². The lowest BCUT2D eigenvalue weighted by atomic mass is 9.57. The average Bonchev–Trinajstić information content (AvgIpc) is 3.45. The van der Waals surface area contributed by atoms with Gasteiger partial charge in [0.2, 0.25) is 0 Å². The number of allylic oxidation sites excluding steroid dienone is 4. The number of pyridine rings is 1. The standard InChI is InChI=1S/C35H41N/c1-4-25-16-18-27(19-17-25)24(3)31-33(28-12-7-6-8-13-28)32-26(5-2)22-35(20-11-21-35)23-30(32)36-34(31)29-14-9-10-15-29/h2,6-8,12-13,16,18,24,26,29H,4,9-11,14-15,17,19-23H2,1,3H3. The zero-order chi connectivity index (χ0) is 24.7. The van der Waals surface area contributed by atoms with Crippen LogP contribution in [0.15, 0.2) is 53.6 Å². The van der Waals surface area contributed by atoms with Crippen LogP contribution in [0.5, 0.6) is 0 Å². The molecule has 1 spiro atoms. The molecule has 0 N–H and O–H groups in total. The zero-order valence-corrected chi connectivity index (χ0v) is 22.3. The lowest BCUT2D eigenvalue weighted by molar-refractivity contribution is 0.104. The van der Waals surface area contributed by atoms with E-state index in [0.29, 0.717) is 17.3 Å². The molecule has 4 aliphatic carbocycles. The van der Waals surface area contributed by atoms with Crippen LogP contribution in [0, 0.1) is 17.8 Å². The van der Waals surface area contributed by atoms with Gasteiger partial charge in [0.05, 0.1) is 0 Å². The van der Waals surface area contributed by atoms with Gasteiger partial charge in [0.25, 0.3) is 0 Å². The highest BCUT2D eigenvalue weighted by Crippen LogP contribution is 2.57. The number of nitrogens with zero attached hydrogens (tertiary/aromatic N) is 1. The molecule has 0 radical (unpaired) electrons. The minimum atomic E-state index is 0.173. The van der Waals surface area contributed by atoms with Crippen LogP contribution in [-0.2, 0) is 6.42 Å². The first-order chi connectivity index (χ1) is 17.6. The molecule has 2 saturated carbocycles. The summed E-state index contributed by atoms with van der Waals surface area (Å²) in [5.41, 5.74) is 12.0. The van der Waals surface area contributed by atoms with Crippen molar-refractivity contribution >= 4 is 0 Å². The Bertz CT molecular complexity index is 1230. The van der Waals surface area contributed by atoms with Gasteiger partial charge in [-0.3, -0.25) is 4.98 Å². The predicted molar refractivity (Wildman–Crippen MR) is 151 cm³/mol. The van der Waals surface area contributed by atoms with Crippen LogP contribution < -0.4 is 0 Å². The summed E-state index contributed by atoms with van der Waals surface area (Å²) >= 11 is 0. The second-order valence-electron chi connectivity index (χ2n) is 12.1. The van der Waals surface area contributed by atoms with Crippen LogP contribution in [0.1, 0.15) is 125 Å². The monoisotopic (exact) mass is 475 g/mol. The van der Waals surface area contributed by atoms with E-state index < -0.39 is 0 Å². The second-order valence-corrected chi connectivity index (χ2v) is 12.1. The van der Waals surface area contributed by atoms with Crippen molar-refractivity contribution in [3.63, 3.8) is 0 Å². The van der Waals surface area contributed by atoms with E-state index >= 15 is 0 Å². The number of aromatic nitrogens is 1. The summed E-state index contributed by atoms with van der Waals surface area (Å²) in [5, 5.41) is 0. The molecule has 4 aliphatic rings. The Morgan fingerprint density at radius 1 is 1.06 bits per heavy atom. The molecular weight excluding hydrogens is 434 g/mol. The largest absolute Gasteiger partial charge is 0.257 e. The molecular formula is C35H41N. The van der Waals surface area contributed by atoms with Gasteiger partial charge in [-0.15, -0.1) is 6.42 Å². The minimum absolute atomic E-state index is 0.173. The second kappa shape index (κ2) is 9.70. The summed E-state index contributed by atoms with van der Waals surface area (Å²) < 4.78 is 0. The molecule has 2 unspecified atom stereocenters. The van der Waals surface area contributed by atoms with E-state index in [0.717, 1.165) is 25.7 Å². The smallest absolute Gasteiger partial charge is 0.0482 e. The lowest BCUT2D eigenvalue weighted by Gasteiger charge is -2.48. The molecule has 36 heavy (non-hydrogen) atoms. The fourth-order valence-electron chi connectivity index (χ4n) is 7.76. The summed E-state index contributed by atoms with van der Waals surface area (Å²) in [6, 6.07) is 11.2. The van der Waals surface area contributed by atoms with E-state index in [9.17, 15) is 0 Å². The Labute approximate surface area is 218 Å². The lowest BCUT2D eigenvalue weighted by Crippen LogP contribution is -2.38. The molecule has 186 valence electrons. The summed E-state index contributed by atoms with van der Waals surface area (Å²) in [5.74, 6) is 4.40. The van der Waals surface area contributed by atoms with Crippen molar-refractivity contribution in [1.29, 1.82) is 0 Å². The van der Waals surface area contributed by atoms with Crippen molar-refractivity contribution in [2.75, 3.05) is 0 Å². The first kappa shape index (κ1) is 23.8. The maximum atomic E-state index is 6.33. The normalized spacial score (nSPS) is 23.9. The van der Waals surface area contributed by atoms with Gasteiger partial charge in [-0.25, -0.2) is 0 Å². The summed E-state index contributed by atoms with van der Waals surface area (Å²) in [6.07, 6.45) is 26.2. The highest BCUT2D eigenvalue weighted by Gasteiger charge is 2.45. The van der Waals surface area contributed by atoms with E-state index in [1.165, 1.54) is 85.0 Å². The van der Waals surface area contributed by atoms with E-state index in [1.54, 1.807) is 11.1 Å². The van der Waals surface area contributed by atoms with Crippen molar-refractivity contribution in [3.8, 4) is 23.5 Å². The van der Waals surface area contributed by atoms with Gasteiger partial charge in [-0.2, -0.15) is 0 Å². The van der Waals surface area contributed by atoms with Crippen molar-refractivity contribution in [3.05, 3.63) is 76.1 Å². The van der Waals surface area contributed by atoms with E-state index in [-0.39, 0.29) is 5.92 Å². The van der Waals surface area contributed by atoms with Crippen molar-refractivity contribution in [2.24, 2.45) is 5.41 Å². The molecule has 0 amide bonds. The molecule has 6 rings (SSSR count). The molecule has 0 aliphatic heterocycles. The quantitative estimate of drug-likeness (QED) is 0.392. The minimum Gasteiger partial charge on any atom is -0.257 e. The van der Waals surface area contributed by atoms with Gasteiger partial charge in [0, 0.05) is 29.1 Å². The molecule has 2 fully saturated rings. The van der Waals surface area contributed by atoms with Crippen LogP contribution in [0.4, 0.5) is 0 Å². The number of terminal acetylenes is 1. The van der Waals surface area contributed by atoms with Gasteiger partial charge < -0.3 is 0 Å². The Hall–Kier alpha value is -2.59. The number of hydrogen-bond donors (Lipinski definition) is 0. The van der Waals surface area contributed by atoms with Crippen LogP contribution in [-0.4, -0.2) is 4.98 Å². The zero-order valence-electron chi connectivity index (χ0n) is 22.3. The maximum absolute atomic E-state index is 6.33. The molecule has 1 nitrogen and oxygen atoms in total. The summed E-state index contributed by atoms with van der Waals surface area (Å²) in [6.45, 7) is 4.73. The Morgan fingerprint density at radius 2 is 1.83 bits per heavy atom. The molecule has 1 heterocycles. The molecule has 0 saturated heterocycles. The van der Waals surface area contributed by atoms with Gasteiger partial charge in [0.15, 0.2) is 0 Å². The van der Waals surface area contributed by atoms with E-state index in [4.69, 9.17) is 11.4 Å². The Balaban J connectivity index is 1.60. The van der Waals surface area contributed by atoms with E-state index in [1.807, 2.05) is 0 Å². The molecule has 1 heteroatoms. The van der Waals surface area contributed by atoms with Crippen molar-refractivity contribution in [2.45, 2.75) is 109 Å². The summed E-state index contributed by atoms with van der Waals surface area (Å²) in [7, 11) is 0. The van der Waals surface area contributed by atoms with Gasteiger partial charge in [-0.1, -0.05) is 92.7 Å².